The Morgan fingerprint density at radius 2 is 1.61 bits per heavy atom. The lowest BCUT2D eigenvalue weighted by Gasteiger charge is -2.37. The number of urea groups is 1. The minimum atomic E-state index is -1.01. The number of likely N-dealkylation sites (tertiary alicyclic amines) is 1. The Labute approximate surface area is 440 Å². The highest BCUT2D eigenvalue weighted by Crippen LogP contribution is 2.32. The van der Waals surface area contributed by atoms with Gasteiger partial charge >= 0.3 is 6.03 Å². The third-order valence-corrected chi connectivity index (χ3v) is 14.6. The maximum atomic E-state index is 14.2. The second kappa shape index (κ2) is 24.1. The van der Waals surface area contributed by atoms with E-state index in [0.29, 0.717) is 17.9 Å². The zero-order valence-corrected chi connectivity index (χ0v) is 43.7. The van der Waals surface area contributed by atoms with Gasteiger partial charge in [-0.1, -0.05) is 57.2 Å². The summed E-state index contributed by atoms with van der Waals surface area (Å²) in [5, 5.41) is 36.6. The average Bonchev–Trinajstić information content (AvgIpc) is 4.17. The molecule has 20 heteroatoms. The minimum Gasteiger partial charge on any atom is -0.391 e. The number of aliphatic hydroxyl groups excluding tert-OH is 1. The summed E-state index contributed by atoms with van der Waals surface area (Å²) in [7, 11) is 1.71. The largest absolute Gasteiger partial charge is 0.391 e. The molecule has 5 heterocycles. The summed E-state index contributed by atoms with van der Waals surface area (Å²) >= 11 is 1.56. The molecule has 19 nitrogen and oxygen atoms in total. The van der Waals surface area contributed by atoms with E-state index in [0.717, 1.165) is 69.8 Å². The highest BCUT2D eigenvalue weighted by atomic mass is 32.1. The number of carbonyl (C=O) groups is 4. The van der Waals surface area contributed by atoms with Crippen molar-refractivity contribution >= 4 is 46.6 Å². The average molecular weight is 1040 g/mol. The lowest BCUT2D eigenvalue weighted by molar-refractivity contribution is -0.144. The van der Waals surface area contributed by atoms with Crippen molar-refractivity contribution in [3.63, 3.8) is 0 Å². The molecular formula is C55H64N12O7S. The number of aliphatic hydroxyl groups is 1. The molecule has 0 radical (unpaired) electrons. The van der Waals surface area contributed by atoms with E-state index in [9.17, 15) is 29.1 Å². The van der Waals surface area contributed by atoms with Gasteiger partial charge in [0.2, 0.25) is 23.3 Å². The summed E-state index contributed by atoms with van der Waals surface area (Å²) in [6.07, 6.45) is 9.05. The fraction of sp³-hybridized carbons (Fsp3) is 0.400. The normalized spacial score (nSPS) is 17.9. The van der Waals surface area contributed by atoms with E-state index in [1.54, 1.807) is 71.6 Å². The first-order chi connectivity index (χ1) is 36.0. The molecule has 1 aliphatic carbocycles. The van der Waals surface area contributed by atoms with Gasteiger partial charge in [0, 0.05) is 81.1 Å². The molecule has 8 rings (SSSR count). The van der Waals surface area contributed by atoms with Gasteiger partial charge in [-0.2, -0.15) is 10.4 Å². The molecule has 1 saturated heterocycles. The summed E-state index contributed by atoms with van der Waals surface area (Å²) < 4.78 is 8.93. The number of aromatic nitrogens is 5. The summed E-state index contributed by atoms with van der Waals surface area (Å²) in [4.78, 5) is 80.1. The Bertz CT molecular complexity index is 3040. The Morgan fingerprint density at radius 1 is 0.893 bits per heavy atom. The van der Waals surface area contributed by atoms with Crippen LogP contribution in [0.1, 0.15) is 75.3 Å². The highest BCUT2D eigenvalue weighted by Gasteiger charge is 2.44. The van der Waals surface area contributed by atoms with Gasteiger partial charge < -0.3 is 40.6 Å². The van der Waals surface area contributed by atoms with Gasteiger partial charge in [0.25, 0.3) is 0 Å². The predicted molar refractivity (Wildman–Crippen MR) is 285 cm³/mol. The summed E-state index contributed by atoms with van der Waals surface area (Å²) in [6.45, 7) is 7.94. The van der Waals surface area contributed by atoms with E-state index < -0.39 is 35.4 Å². The maximum Gasteiger partial charge on any atom is 0.322 e. The van der Waals surface area contributed by atoms with Crippen LogP contribution in [0, 0.1) is 23.7 Å². The first-order valence-electron chi connectivity index (χ1n) is 25.1. The number of amides is 5. The van der Waals surface area contributed by atoms with E-state index >= 15 is 0 Å². The second-order valence-electron chi connectivity index (χ2n) is 20.2. The number of nitriles is 1. The van der Waals surface area contributed by atoms with Gasteiger partial charge in [-0.25, -0.2) is 14.8 Å². The maximum absolute atomic E-state index is 14.2. The molecule has 2 aliphatic rings. The molecule has 5 amide bonds. The van der Waals surface area contributed by atoms with Gasteiger partial charge in [0.1, 0.15) is 30.6 Å². The molecule has 1 saturated carbocycles. The highest BCUT2D eigenvalue weighted by molar-refractivity contribution is 7.13. The Balaban J connectivity index is 0.819. The number of nitrogens with one attached hydrogen (secondary N) is 4. The van der Waals surface area contributed by atoms with Crippen LogP contribution in [0.2, 0.25) is 0 Å². The number of carbonyl (C=O) groups excluding carboxylic acids is 4. The fourth-order valence-electron chi connectivity index (χ4n) is 9.49. The molecule has 1 aliphatic heterocycles. The van der Waals surface area contributed by atoms with Gasteiger partial charge in [-0.3, -0.25) is 28.8 Å². The van der Waals surface area contributed by atoms with Crippen molar-refractivity contribution in [1.82, 2.24) is 45.2 Å². The molecule has 6 aromatic rings. The minimum absolute atomic E-state index is 0.0406. The zero-order chi connectivity index (χ0) is 53.2. The summed E-state index contributed by atoms with van der Waals surface area (Å²) in [6, 6.07) is 22.4. The van der Waals surface area contributed by atoms with Gasteiger partial charge in [-0.05, 0) is 90.6 Å². The summed E-state index contributed by atoms with van der Waals surface area (Å²) in [5.41, 5.74) is 7.62. The van der Waals surface area contributed by atoms with Gasteiger partial charge in [0.05, 0.1) is 47.1 Å². The fourth-order valence-corrected chi connectivity index (χ4v) is 10.3. The van der Waals surface area contributed by atoms with Crippen molar-refractivity contribution < 1.29 is 29.0 Å². The predicted octanol–water partition coefficient (Wildman–Crippen LogP) is 5.91. The van der Waals surface area contributed by atoms with Crippen molar-refractivity contribution in [2.24, 2.45) is 12.5 Å². The molecule has 0 spiro atoms. The molecule has 0 bridgehead atoms. The van der Waals surface area contributed by atoms with Crippen LogP contribution in [0.4, 0.5) is 16.3 Å². The Kier molecular flexibility index (Phi) is 17.2. The van der Waals surface area contributed by atoms with Crippen LogP contribution in [-0.2, 0) is 45.8 Å². The van der Waals surface area contributed by atoms with E-state index in [-0.39, 0.29) is 68.9 Å². The van der Waals surface area contributed by atoms with Crippen molar-refractivity contribution in [2.45, 2.75) is 110 Å². The number of hydrogen-bond donors (Lipinski definition) is 5. The number of pyridine rings is 2. The lowest BCUT2D eigenvalue weighted by Crippen LogP contribution is -2.58. The second-order valence-corrected chi connectivity index (χ2v) is 21.1. The molecular weight excluding hydrogens is 973 g/mol. The summed E-state index contributed by atoms with van der Waals surface area (Å²) in [5.74, 6) is -0.664. The number of thiazole rings is 1. The molecule has 3 atom stereocenters. The van der Waals surface area contributed by atoms with Crippen LogP contribution in [0.5, 0.6) is 0 Å². The van der Waals surface area contributed by atoms with Crippen molar-refractivity contribution in [2.75, 3.05) is 30.0 Å². The van der Waals surface area contributed by atoms with Crippen LogP contribution in [0.25, 0.3) is 21.6 Å². The van der Waals surface area contributed by atoms with E-state index in [1.165, 1.54) is 15.5 Å². The van der Waals surface area contributed by atoms with Crippen LogP contribution in [-0.4, -0.2) is 108 Å². The van der Waals surface area contributed by atoms with Crippen LogP contribution >= 0.6 is 11.3 Å². The van der Waals surface area contributed by atoms with Crippen LogP contribution in [0.3, 0.4) is 0 Å². The third-order valence-electron chi connectivity index (χ3n) is 13.6. The number of aryl methyl sites for hydroxylation is 2. The van der Waals surface area contributed by atoms with Crippen molar-refractivity contribution in [3.05, 3.63) is 136 Å². The first kappa shape index (κ1) is 53.6. The van der Waals surface area contributed by atoms with Crippen molar-refractivity contribution in [1.29, 1.82) is 5.26 Å². The van der Waals surface area contributed by atoms with Crippen LogP contribution < -0.4 is 31.7 Å². The third kappa shape index (κ3) is 13.7. The Morgan fingerprint density at radius 3 is 2.28 bits per heavy atom. The monoisotopic (exact) mass is 1040 g/mol. The molecule has 4 aromatic heterocycles. The number of nitrogens with zero attached hydrogens (tertiary/aromatic N) is 8. The van der Waals surface area contributed by atoms with E-state index in [4.69, 9.17) is 10.00 Å². The number of hydrogen-bond acceptors (Lipinski definition) is 13. The standard InChI is InChI=1S/C55H64N12O7S/c1-35-50(75-34-60-35)40-9-6-36(7-10-40)26-58-52(71)46-24-45(68)32-66(46)53(72)51(55(2,3)4)63-48(69)33-74-23-22-65-30-38(29-61-65)28-59-54(73)67(43-16-11-39(12-17-43)41-13-21-49(70)64(5)31-41)44-18-14-42(15-19-44)62-47-20-8-37(25-56)27-57-47/h6-13,16-17,20-21,27,29-31,34,42,44-46,51,68H,14-15,18-19,22-24,26,28,32-33H2,1-5H3,(H,57,62)(H,58,71)(H,59,73)(H,63,69)/t42-,44-,45-,46+,51-/m1/s1. The smallest absolute Gasteiger partial charge is 0.322 e. The number of ether oxygens (including phenoxy) is 1. The quantitative estimate of drug-likeness (QED) is 0.0632. The molecule has 75 heavy (non-hydrogen) atoms. The van der Waals surface area contributed by atoms with E-state index in [1.807, 2.05) is 81.1 Å². The molecule has 392 valence electrons. The number of rotatable bonds is 18. The lowest BCUT2D eigenvalue weighted by atomic mass is 9.85. The van der Waals surface area contributed by atoms with Gasteiger partial charge in [0.15, 0.2) is 0 Å². The number of anilines is 2. The topological polar surface area (TPSA) is 242 Å². The SMILES string of the molecule is Cc1ncsc1-c1ccc(CNC(=O)[C@@H]2C[C@@H](O)CN2C(=O)[C@@H](NC(=O)COCCn2cc(CNC(=O)N(c3ccc(-c4ccc(=O)n(C)c4)cc3)[C@H]3CC[C@H](Nc4ccc(C#N)cn4)CC3)cn2)C(C)(C)C)cc1. The zero-order valence-electron chi connectivity index (χ0n) is 42.9. The van der Waals surface area contributed by atoms with E-state index in [2.05, 4.69) is 42.4 Å². The van der Waals surface area contributed by atoms with Crippen LogP contribution in [0.15, 0.2) is 108 Å². The van der Waals surface area contributed by atoms with Crippen molar-refractivity contribution in [3.8, 4) is 27.6 Å². The molecule has 0 unspecified atom stereocenters. The van der Waals surface area contributed by atoms with Gasteiger partial charge in [-0.15, -0.1) is 11.3 Å². The number of benzene rings is 2. The molecule has 2 aromatic carbocycles. The first-order valence-corrected chi connectivity index (χ1v) is 26.0. The Hall–Kier alpha value is -7.73. The number of β-amino-alcohol motifs (C(OH)–C–C–N with tert-alkyl or cyclic N) is 1. The molecule has 2 fully saturated rings. The molecule has 5 N–H and O–H groups in total.